The lowest BCUT2D eigenvalue weighted by molar-refractivity contribution is -0.384. The lowest BCUT2D eigenvalue weighted by Gasteiger charge is -2.12. The van der Waals surface area contributed by atoms with Gasteiger partial charge in [0.1, 0.15) is 18.0 Å². The summed E-state index contributed by atoms with van der Waals surface area (Å²) in [7, 11) is -2.53. The van der Waals surface area contributed by atoms with E-state index in [9.17, 15) is 18.5 Å². The summed E-state index contributed by atoms with van der Waals surface area (Å²) in [6, 6.07) is 10.7. The van der Waals surface area contributed by atoms with E-state index >= 15 is 0 Å². The summed E-state index contributed by atoms with van der Waals surface area (Å²) in [5.41, 5.74) is 0.458. The fraction of sp³-hybridized carbons (Fsp3) is 0.333. The molecule has 0 aromatic heterocycles. The molecule has 1 fully saturated rings. The third kappa shape index (κ3) is 4.77. The van der Waals surface area contributed by atoms with Crippen molar-refractivity contribution in [1.82, 2.24) is 4.72 Å². The number of ether oxygens (including phenoxy) is 2. The van der Waals surface area contributed by atoms with Crippen LogP contribution in [-0.2, 0) is 14.8 Å². The highest BCUT2D eigenvalue weighted by Gasteiger charge is 2.20. The van der Waals surface area contributed by atoms with Crippen LogP contribution in [0, 0.1) is 10.1 Å². The van der Waals surface area contributed by atoms with Crippen molar-refractivity contribution in [2.75, 3.05) is 25.6 Å². The number of nitrogens with zero attached hydrogens (tertiary/aromatic N) is 1. The molecule has 2 aromatic carbocycles. The van der Waals surface area contributed by atoms with Crippen molar-refractivity contribution in [3.63, 3.8) is 0 Å². The Bertz CT molecular complexity index is 940. The van der Waals surface area contributed by atoms with Gasteiger partial charge in [0.2, 0.25) is 10.0 Å². The first kappa shape index (κ1) is 20.1. The molecule has 2 N–H and O–H groups in total. The summed E-state index contributed by atoms with van der Waals surface area (Å²) in [5.74, 6) is 0.672. The first-order valence-electron chi connectivity index (χ1n) is 8.72. The normalized spacial score (nSPS) is 16.7. The monoisotopic (exact) mass is 407 g/mol. The van der Waals surface area contributed by atoms with E-state index in [0.29, 0.717) is 18.0 Å². The van der Waals surface area contributed by atoms with Gasteiger partial charge in [-0.25, -0.2) is 13.1 Å². The van der Waals surface area contributed by atoms with Gasteiger partial charge in [0, 0.05) is 18.4 Å². The summed E-state index contributed by atoms with van der Waals surface area (Å²) in [5, 5.41) is 14.3. The number of anilines is 2. The Kier molecular flexibility index (Phi) is 6.12. The topological polar surface area (TPSA) is 120 Å². The SMILES string of the molecule is CNS(=O)(=O)c1ccc(Nc2ccc(OC[C@H]3CCCO3)cc2)c([N+](=O)[O-])c1. The third-order valence-electron chi connectivity index (χ3n) is 4.34. The van der Waals surface area contributed by atoms with Gasteiger partial charge >= 0.3 is 0 Å². The summed E-state index contributed by atoms with van der Waals surface area (Å²) >= 11 is 0. The van der Waals surface area contributed by atoms with Crippen LogP contribution in [-0.4, -0.2) is 39.7 Å². The number of hydrogen-bond donors (Lipinski definition) is 2. The fourth-order valence-corrected chi connectivity index (χ4v) is 3.56. The molecule has 0 radical (unpaired) electrons. The molecular formula is C18H21N3O6S. The van der Waals surface area contributed by atoms with E-state index in [1.54, 1.807) is 24.3 Å². The Morgan fingerprint density at radius 1 is 1.25 bits per heavy atom. The van der Waals surface area contributed by atoms with Gasteiger partial charge in [-0.1, -0.05) is 0 Å². The molecule has 1 aliphatic rings. The first-order valence-corrected chi connectivity index (χ1v) is 10.2. The summed E-state index contributed by atoms with van der Waals surface area (Å²) in [6.45, 7) is 1.25. The third-order valence-corrected chi connectivity index (χ3v) is 5.75. The number of rotatable bonds is 8. The second-order valence-corrected chi connectivity index (χ2v) is 8.13. The molecule has 0 spiro atoms. The maximum Gasteiger partial charge on any atom is 0.294 e. The van der Waals surface area contributed by atoms with Crippen LogP contribution in [0.5, 0.6) is 5.75 Å². The highest BCUT2D eigenvalue weighted by Crippen LogP contribution is 2.30. The van der Waals surface area contributed by atoms with E-state index < -0.39 is 14.9 Å². The molecule has 0 amide bonds. The molecule has 1 atom stereocenters. The highest BCUT2D eigenvalue weighted by molar-refractivity contribution is 7.89. The molecule has 2 aromatic rings. The van der Waals surface area contributed by atoms with Crippen LogP contribution in [0.2, 0.25) is 0 Å². The molecular weight excluding hydrogens is 386 g/mol. The molecule has 0 aliphatic carbocycles. The predicted octanol–water partition coefficient (Wildman–Crippen LogP) is 2.80. The van der Waals surface area contributed by atoms with Gasteiger partial charge in [-0.15, -0.1) is 0 Å². The zero-order valence-corrected chi connectivity index (χ0v) is 16.1. The number of benzene rings is 2. The second kappa shape index (κ2) is 8.55. The van der Waals surface area contributed by atoms with Gasteiger partial charge in [-0.2, -0.15) is 0 Å². The Hall–Kier alpha value is -2.69. The lowest BCUT2D eigenvalue weighted by Crippen LogP contribution is -2.18. The number of nitrogens with one attached hydrogen (secondary N) is 2. The zero-order valence-electron chi connectivity index (χ0n) is 15.3. The molecule has 28 heavy (non-hydrogen) atoms. The lowest BCUT2D eigenvalue weighted by atomic mass is 10.2. The minimum atomic E-state index is -3.77. The van der Waals surface area contributed by atoms with E-state index in [1.165, 1.54) is 19.2 Å². The Balaban J connectivity index is 1.72. The number of sulfonamides is 1. The summed E-state index contributed by atoms with van der Waals surface area (Å²) < 4.78 is 37.1. The molecule has 1 heterocycles. The number of hydrogen-bond acceptors (Lipinski definition) is 7. The molecule has 1 aliphatic heterocycles. The quantitative estimate of drug-likeness (QED) is 0.510. The first-order chi connectivity index (χ1) is 13.4. The van der Waals surface area contributed by atoms with Crippen molar-refractivity contribution in [1.29, 1.82) is 0 Å². The van der Waals surface area contributed by atoms with Gasteiger partial charge in [0.05, 0.1) is 15.9 Å². The van der Waals surface area contributed by atoms with Gasteiger partial charge in [0.15, 0.2) is 0 Å². The van der Waals surface area contributed by atoms with Crippen LogP contribution >= 0.6 is 0 Å². The van der Waals surface area contributed by atoms with Crippen LogP contribution in [0.25, 0.3) is 0 Å². The van der Waals surface area contributed by atoms with E-state index in [1.807, 2.05) is 0 Å². The van der Waals surface area contributed by atoms with Crippen LogP contribution < -0.4 is 14.8 Å². The molecule has 1 saturated heterocycles. The Morgan fingerprint density at radius 3 is 2.61 bits per heavy atom. The molecule has 9 nitrogen and oxygen atoms in total. The van der Waals surface area contributed by atoms with Gasteiger partial charge in [0.25, 0.3) is 5.69 Å². The smallest absolute Gasteiger partial charge is 0.294 e. The average Bonchev–Trinajstić information content (AvgIpc) is 3.21. The molecule has 10 heteroatoms. The minimum Gasteiger partial charge on any atom is -0.491 e. The van der Waals surface area contributed by atoms with Gasteiger partial charge < -0.3 is 14.8 Å². The van der Waals surface area contributed by atoms with Crippen LogP contribution in [0.3, 0.4) is 0 Å². The molecule has 0 bridgehead atoms. The van der Waals surface area contributed by atoms with Crippen LogP contribution in [0.1, 0.15) is 12.8 Å². The fourth-order valence-electron chi connectivity index (χ4n) is 2.81. The van der Waals surface area contributed by atoms with E-state index in [-0.39, 0.29) is 22.4 Å². The van der Waals surface area contributed by atoms with Crippen molar-refractivity contribution in [2.24, 2.45) is 0 Å². The predicted molar refractivity (Wildman–Crippen MR) is 104 cm³/mol. The Morgan fingerprint density at radius 2 is 2.00 bits per heavy atom. The van der Waals surface area contributed by atoms with Crippen LogP contribution in [0.15, 0.2) is 47.4 Å². The molecule has 3 rings (SSSR count). The van der Waals surface area contributed by atoms with E-state index in [0.717, 1.165) is 25.5 Å². The maximum absolute atomic E-state index is 11.9. The maximum atomic E-state index is 11.9. The standard InChI is InChI=1S/C18H21N3O6S/c1-19-28(24,25)16-8-9-17(18(11-16)21(22)23)20-13-4-6-14(7-5-13)27-12-15-3-2-10-26-15/h4-9,11,15,19-20H,2-3,10,12H2,1H3/t15-/m1/s1. The minimum absolute atomic E-state index is 0.118. The second-order valence-electron chi connectivity index (χ2n) is 6.24. The Labute approximate surface area is 162 Å². The molecule has 150 valence electrons. The van der Waals surface area contributed by atoms with E-state index in [4.69, 9.17) is 9.47 Å². The average molecular weight is 407 g/mol. The molecule has 0 unspecified atom stereocenters. The van der Waals surface area contributed by atoms with Crippen molar-refractivity contribution < 1.29 is 22.8 Å². The van der Waals surface area contributed by atoms with Crippen molar-refractivity contribution in [3.8, 4) is 5.75 Å². The molecule has 0 saturated carbocycles. The summed E-state index contributed by atoms with van der Waals surface area (Å²) in [4.78, 5) is 10.6. The number of nitro benzene ring substituents is 1. The van der Waals surface area contributed by atoms with Crippen LogP contribution in [0.4, 0.5) is 17.1 Å². The van der Waals surface area contributed by atoms with Crippen molar-refractivity contribution >= 4 is 27.1 Å². The van der Waals surface area contributed by atoms with Crippen molar-refractivity contribution in [2.45, 2.75) is 23.8 Å². The van der Waals surface area contributed by atoms with Crippen molar-refractivity contribution in [3.05, 3.63) is 52.6 Å². The van der Waals surface area contributed by atoms with Gasteiger partial charge in [-0.05, 0) is 56.3 Å². The van der Waals surface area contributed by atoms with Gasteiger partial charge in [-0.3, -0.25) is 10.1 Å². The highest BCUT2D eigenvalue weighted by atomic mass is 32.2. The zero-order chi connectivity index (χ0) is 20.1. The van der Waals surface area contributed by atoms with E-state index in [2.05, 4.69) is 10.0 Å². The number of nitro groups is 1. The summed E-state index contributed by atoms with van der Waals surface area (Å²) in [6.07, 6.45) is 2.15. The largest absolute Gasteiger partial charge is 0.491 e.